The number of hydrogen-bond acceptors (Lipinski definition) is 6. The van der Waals surface area contributed by atoms with Gasteiger partial charge in [-0.1, -0.05) is 12.2 Å². The summed E-state index contributed by atoms with van der Waals surface area (Å²) in [4.78, 5) is 11.1. The zero-order valence-corrected chi connectivity index (χ0v) is 12.3. The molecule has 0 spiro atoms. The molecule has 2 N–H and O–H groups in total. The van der Waals surface area contributed by atoms with Crippen molar-refractivity contribution in [2.45, 2.75) is 32.8 Å². The van der Waals surface area contributed by atoms with E-state index in [9.17, 15) is 5.11 Å². The minimum absolute atomic E-state index is 0.100. The first-order valence-corrected chi connectivity index (χ1v) is 6.75. The van der Waals surface area contributed by atoms with Crippen molar-refractivity contribution >= 4 is 23.4 Å². The average molecular weight is 298 g/mol. The van der Waals surface area contributed by atoms with E-state index >= 15 is 0 Å². The maximum absolute atomic E-state index is 9.26. The fraction of sp³-hybridized carbons (Fsp3) is 0.583. The molecule has 1 atom stereocenters. The highest BCUT2D eigenvalue weighted by atomic mass is 32.1. The summed E-state index contributed by atoms with van der Waals surface area (Å²) in [5, 5.41) is 9.26. The number of aromatic amines is 1. The lowest BCUT2D eigenvalue weighted by molar-refractivity contribution is -0.0776. The Kier molecular flexibility index (Phi) is 5.18. The van der Waals surface area contributed by atoms with Crippen LogP contribution in [0, 0.1) is 4.64 Å². The fourth-order valence-corrected chi connectivity index (χ4v) is 1.84. The second-order valence-electron chi connectivity index (χ2n) is 4.60. The highest BCUT2D eigenvalue weighted by Crippen LogP contribution is 2.10. The SMILES string of the molecule is CC(C)OCC(CO)OCn1cnc2c(=S)nc[nH]c21. The van der Waals surface area contributed by atoms with Crippen molar-refractivity contribution in [2.24, 2.45) is 0 Å². The molecule has 2 rings (SSSR count). The number of nitrogens with zero attached hydrogens (tertiary/aromatic N) is 3. The molecule has 0 aliphatic heterocycles. The molecule has 0 saturated heterocycles. The summed E-state index contributed by atoms with van der Waals surface area (Å²) in [6, 6.07) is 0. The summed E-state index contributed by atoms with van der Waals surface area (Å²) >= 11 is 5.09. The minimum Gasteiger partial charge on any atom is -0.394 e. The van der Waals surface area contributed by atoms with Crippen LogP contribution in [0.2, 0.25) is 0 Å². The largest absolute Gasteiger partial charge is 0.394 e. The van der Waals surface area contributed by atoms with Crippen molar-refractivity contribution in [3.8, 4) is 0 Å². The maximum Gasteiger partial charge on any atom is 0.157 e. The van der Waals surface area contributed by atoms with Gasteiger partial charge in [-0.2, -0.15) is 0 Å². The third-order valence-electron chi connectivity index (χ3n) is 2.69. The van der Waals surface area contributed by atoms with Gasteiger partial charge in [0.05, 0.1) is 32.0 Å². The molecule has 0 saturated carbocycles. The summed E-state index contributed by atoms with van der Waals surface area (Å²) in [5.74, 6) is 0. The summed E-state index contributed by atoms with van der Waals surface area (Å²) < 4.78 is 13.2. The van der Waals surface area contributed by atoms with Gasteiger partial charge in [0, 0.05) is 0 Å². The van der Waals surface area contributed by atoms with E-state index in [4.69, 9.17) is 21.7 Å². The van der Waals surface area contributed by atoms with Crippen LogP contribution < -0.4 is 0 Å². The standard InChI is InChI=1S/C12H18N4O3S/c1-8(2)18-4-9(3-17)19-7-16-6-15-10-11(16)13-5-14-12(10)20/h5-6,8-9,17H,3-4,7H2,1-2H3,(H,13,14,20). The Balaban J connectivity index is 2.01. The van der Waals surface area contributed by atoms with E-state index < -0.39 is 0 Å². The molecule has 0 aliphatic rings. The van der Waals surface area contributed by atoms with Crippen LogP contribution in [0.5, 0.6) is 0 Å². The maximum atomic E-state index is 9.26. The Bertz CT molecular complexity index is 610. The number of hydrogen-bond donors (Lipinski definition) is 2. The minimum atomic E-state index is -0.375. The Morgan fingerprint density at radius 1 is 1.40 bits per heavy atom. The first-order valence-electron chi connectivity index (χ1n) is 6.34. The van der Waals surface area contributed by atoms with E-state index in [0.717, 1.165) is 5.65 Å². The Morgan fingerprint density at radius 2 is 2.20 bits per heavy atom. The van der Waals surface area contributed by atoms with E-state index in [1.807, 2.05) is 13.8 Å². The van der Waals surface area contributed by atoms with Crippen LogP contribution in [0.4, 0.5) is 0 Å². The van der Waals surface area contributed by atoms with Crippen LogP contribution in [-0.4, -0.2) is 50.0 Å². The lowest BCUT2D eigenvalue weighted by atomic mass is 10.4. The number of rotatable bonds is 7. The number of imidazole rings is 1. The first kappa shape index (κ1) is 15.0. The van der Waals surface area contributed by atoms with E-state index in [2.05, 4.69) is 15.0 Å². The Morgan fingerprint density at radius 3 is 2.90 bits per heavy atom. The van der Waals surface area contributed by atoms with Gasteiger partial charge in [0.15, 0.2) is 4.64 Å². The lowest BCUT2D eigenvalue weighted by Gasteiger charge is -2.17. The number of aliphatic hydroxyl groups excluding tert-OH is 1. The predicted octanol–water partition coefficient (Wildman–Crippen LogP) is 1.25. The van der Waals surface area contributed by atoms with Gasteiger partial charge in [-0.3, -0.25) is 4.57 Å². The number of nitrogens with one attached hydrogen (secondary N) is 1. The van der Waals surface area contributed by atoms with E-state index in [-0.39, 0.29) is 25.5 Å². The first-order chi connectivity index (χ1) is 9.61. The number of ether oxygens (including phenoxy) is 2. The molecule has 0 radical (unpaired) electrons. The summed E-state index contributed by atoms with van der Waals surface area (Å²) in [5.41, 5.74) is 1.37. The van der Waals surface area contributed by atoms with Crippen molar-refractivity contribution < 1.29 is 14.6 Å². The molecule has 110 valence electrons. The van der Waals surface area contributed by atoms with Gasteiger partial charge in [0.1, 0.15) is 24.0 Å². The van der Waals surface area contributed by atoms with Gasteiger partial charge in [-0.15, -0.1) is 0 Å². The average Bonchev–Trinajstić information content (AvgIpc) is 2.83. The predicted molar refractivity (Wildman–Crippen MR) is 75.8 cm³/mol. The molecule has 7 nitrogen and oxygen atoms in total. The van der Waals surface area contributed by atoms with Crippen LogP contribution in [-0.2, 0) is 16.2 Å². The van der Waals surface area contributed by atoms with Gasteiger partial charge in [0.25, 0.3) is 0 Å². The molecule has 2 aromatic heterocycles. The highest BCUT2D eigenvalue weighted by Gasteiger charge is 2.11. The summed E-state index contributed by atoms with van der Waals surface area (Å²) in [7, 11) is 0. The molecule has 0 bridgehead atoms. The second kappa shape index (κ2) is 6.89. The van der Waals surface area contributed by atoms with Gasteiger partial charge in [-0.05, 0) is 13.8 Å². The quantitative estimate of drug-likeness (QED) is 0.748. The van der Waals surface area contributed by atoms with Crippen LogP contribution in [0.25, 0.3) is 11.2 Å². The van der Waals surface area contributed by atoms with Crippen molar-refractivity contribution in [3.63, 3.8) is 0 Å². The van der Waals surface area contributed by atoms with Crippen molar-refractivity contribution in [1.82, 2.24) is 19.5 Å². The van der Waals surface area contributed by atoms with Crippen LogP contribution >= 0.6 is 12.2 Å². The molecule has 8 heteroatoms. The normalized spacial score (nSPS) is 13.2. The monoisotopic (exact) mass is 298 g/mol. The third kappa shape index (κ3) is 3.60. The van der Waals surface area contributed by atoms with E-state index in [0.29, 0.717) is 16.8 Å². The van der Waals surface area contributed by atoms with Gasteiger partial charge in [-0.25, -0.2) is 9.97 Å². The second-order valence-corrected chi connectivity index (χ2v) is 4.99. The van der Waals surface area contributed by atoms with Gasteiger partial charge < -0.3 is 19.6 Å². The van der Waals surface area contributed by atoms with Gasteiger partial charge >= 0.3 is 0 Å². The highest BCUT2D eigenvalue weighted by molar-refractivity contribution is 7.71. The van der Waals surface area contributed by atoms with E-state index in [1.54, 1.807) is 10.9 Å². The van der Waals surface area contributed by atoms with Crippen molar-refractivity contribution in [2.75, 3.05) is 13.2 Å². The van der Waals surface area contributed by atoms with Gasteiger partial charge in [0.2, 0.25) is 0 Å². The van der Waals surface area contributed by atoms with E-state index in [1.165, 1.54) is 6.33 Å². The molecular formula is C12H18N4O3S. The van der Waals surface area contributed by atoms with Crippen LogP contribution in [0.3, 0.4) is 0 Å². The zero-order chi connectivity index (χ0) is 14.5. The molecule has 1 unspecified atom stereocenters. The van der Waals surface area contributed by atoms with Crippen LogP contribution in [0.1, 0.15) is 13.8 Å². The molecule has 2 heterocycles. The molecule has 0 amide bonds. The van der Waals surface area contributed by atoms with Crippen molar-refractivity contribution in [3.05, 3.63) is 17.3 Å². The topological polar surface area (TPSA) is 85.2 Å². The molecule has 0 fully saturated rings. The lowest BCUT2D eigenvalue weighted by Crippen LogP contribution is -2.26. The van der Waals surface area contributed by atoms with Crippen molar-refractivity contribution in [1.29, 1.82) is 0 Å². The zero-order valence-electron chi connectivity index (χ0n) is 11.4. The smallest absolute Gasteiger partial charge is 0.157 e. The number of fused-ring (bicyclic) bond motifs is 1. The number of aromatic nitrogens is 4. The number of H-pyrrole nitrogens is 1. The van der Waals surface area contributed by atoms with Crippen LogP contribution in [0.15, 0.2) is 12.7 Å². The molecule has 20 heavy (non-hydrogen) atoms. The summed E-state index contributed by atoms with van der Waals surface area (Å²) in [6.07, 6.45) is 2.87. The Hall–Kier alpha value is -1.35. The number of aliphatic hydroxyl groups is 1. The molecule has 0 aromatic carbocycles. The molecule has 2 aromatic rings. The summed E-state index contributed by atoms with van der Waals surface area (Å²) in [6.45, 7) is 4.36. The third-order valence-corrected chi connectivity index (χ3v) is 2.99. The fourth-order valence-electron chi connectivity index (χ4n) is 1.64. The Labute approximate surface area is 121 Å². The molecule has 0 aliphatic carbocycles. The molecular weight excluding hydrogens is 280 g/mol.